The Balaban J connectivity index is 1.44. The van der Waals surface area contributed by atoms with Crippen molar-refractivity contribution in [2.24, 2.45) is 0 Å². The maximum atomic E-state index is 13.1. The van der Waals surface area contributed by atoms with Crippen molar-refractivity contribution in [3.05, 3.63) is 105 Å². The number of aliphatic hydroxyl groups is 1. The van der Waals surface area contributed by atoms with Crippen molar-refractivity contribution < 1.29 is 24.2 Å². The lowest BCUT2D eigenvalue weighted by Crippen LogP contribution is -2.24. The van der Waals surface area contributed by atoms with Crippen LogP contribution in [0.5, 0.6) is 0 Å². The van der Waals surface area contributed by atoms with E-state index in [9.17, 15) is 24.8 Å². The van der Waals surface area contributed by atoms with E-state index in [2.05, 4.69) is 4.98 Å². The first-order chi connectivity index (χ1) is 16.5. The molecule has 0 saturated carbocycles. The van der Waals surface area contributed by atoms with Crippen LogP contribution in [0.25, 0.3) is 15.8 Å². The Kier molecular flexibility index (Phi) is 5.24. The number of rotatable bonds is 4. The van der Waals surface area contributed by atoms with Crippen molar-refractivity contribution in [3.63, 3.8) is 0 Å². The first-order valence-corrected chi connectivity index (χ1v) is 11.0. The molecular weight excluding hydrogens is 452 g/mol. The lowest BCUT2D eigenvalue weighted by molar-refractivity contribution is 0.0500. The predicted molar refractivity (Wildman–Crippen MR) is 125 cm³/mol. The highest BCUT2D eigenvalue weighted by atomic mass is 32.1. The van der Waals surface area contributed by atoms with E-state index in [4.69, 9.17) is 4.74 Å². The van der Waals surface area contributed by atoms with Gasteiger partial charge in [0.15, 0.2) is 17.3 Å². The number of fused-ring (bicyclic) bond motifs is 3. The van der Waals surface area contributed by atoms with Crippen LogP contribution in [0.15, 0.2) is 72.5 Å². The van der Waals surface area contributed by atoms with Gasteiger partial charge in [-0.2, -0.15) is 5.26 Å². The molecule has 0 bridgehead atoms. The summed E-state index contributed by atoms with van der Waals surface area (Å²) < 4.78 is 6.06. The zero-order chi connectivity index (χ0) is 23.8. The van der Waals surface area contributed by atoms with E-state index in [0.717, 1.165) is 4.70 Å². The standard InChI is InChI=1S/C26H14N2O5S/c27-12-18(25-28-19-10-3-4-11-21(19)34-25)20(29)13-33-26(32)17-9-5-8-16-22(17)24(31)15-7-2-1-6-14(15)23(16)30/h1-11,29H,13H2/b20-18+. The highest BCUT2D eigenvalue weighted by molar-refractivity contribution is 7.19. The number of ketones is 2. The van der Waals surface area contributed by atoms with E-state index in [1.165, 1.54) is 35.6 Å². The summed E-state index contributed by atoms with van der Waals surface area (Å²) in [6.07, 6.45) is 0. The molecule has 0 fully saturated rings. The Morgan fingerprint density at radius 2 is 1.62 bits per heavy atom. The molecule has 1 aliphatic rings. The zero-order valence-electron chi connectivity index (χ0n) is 17.4. The van der Waals surface area contributed by atoms with Crippen molar-refractivity contribution in [1.82, 2.24) is 4.98 Å². The SMILES string of the molecule is N#C/C(=C(\O)COC(=O)c1cccc2c1C(=O)c1ccccc1C2=O)c1nc2ccccc2s1. The van der Waals surface area contributed by atoms with Gasteiger partial charge in [0.2, 0.25) is 0 Å². The normalized spacial score (nSPS) is 13.0. The molecule has 0 atom stereocenters. The molecule has 4 aromatic rings. The van der Waals surface area contributed by atoms with Gasteiger partial charge in [0.1, 0.15) is 23.3 Å². The van der Waals surface area contributed by atoms with Gasteiger partial charge in [0.25, 0.3) is 0 Å². The Morgan fingerprint density at radius 3 is 2.35 bits per heavy atom. The number of aromatic nitrogens is 1. The minimum atomic E-state index is -0.898. The minimum Gasteiger partial charge on any atom is -0.507 e. The fraction of sp³-hybridized carbons (Fsp3) is 0.0385. The summed E-state index contributed by atoms with van der Waals surface area (Å²) in [5.74, 6) is -2.17. The number of thiazole rings is 1. The van der Waals surface area contributed by atoms with Gasteiger partial charge in [0, 0.05) is 22.3 Å². The van der Waals surface area contributed by atoms with Gasteiger partial charge in [-0.15, -0.1) is 11.3 Å². The summed E-state index contributed by atoms with van der Waals surface area (Å²) in [7, 11) is 0. The number of benzene rings is 3. The van der Waals surface area contributed by atoms with Gasteiger partial charge in [-0.05, 0) is 18.2 Å². The van der Waals surface area contributed by atoms with E-state index in [0.29, 0.717) is 10.5 Å². The second-order valence-corrected chi connectivity index (χ2v) is 8.46. The van der Waals surface area contributed by atoms with E-state index in [-0.39, 0.29) is 39.2 Å². The molecule has 0 radical (unpaired) electrons. The monoisotopic (exact) mass is 466 g/mol. The maximum Gasteiger partial charge on any atom is 0.339 e. The molecule has 8 heteroatoms. The number of carbonyl (C=O) groups excluding carboxylic acids is 3. The zero-order valence-corrected chi connectivity index (χ0v) is 18.3. The second-order valence-electron chi connectivity index (χ2n) is 7.43. The Morgan fingerprint density at radius 1 is 0.941 bits per heavy atom. The molecule has 1 N–H and O–H groups in total. The first-order valence-electron chi connectivity index (χ1n) is 10.2. The molecule has 3 aromatic carbocycles. The first kappa shape index (κ1) is 21.2. The number of para-hydroxylation sites is 1. The number of carbonyl (C=O) groups is 3. The number of aliphatic hydroxyl groups excluding tert-OH is 1. The number of ether oxygens (including phenoxy) is 1. The molecule has 0 amide bonds. The summed E-state index contributed by atoms with van der Waals surface area (Å²) in [6, 6.07) is 20.0. The molecule has 34 heavy (non-hydrogen) atoms. The van der Waals surface area contributed by atoms with Gasteiger partial charge >= 0.3 is 5.97 Å². The third kappa shape index (κ3) is 3.45. The molecule has 5 rings (SSSR count). The summed E-state index contributed by atoms with van der Waals surface area (Å²) in [5, 5.41) is 20.3. The maximum absolute atomic E-state index is 13.1. The van der Waals surface area contributed by atoms with Gasteiger partial charge < -0.3 is 9.84 Å². The molecule has 1 heterocycles. The number of hydrogen-bond acceptors (Lipinski definition) is 8. The molecule has 1 aromatic heterocycles. The average Bonchev–Trinajstić information content (AvgIpc) is 3.29. The van der Waals surface area contributed by atoms with Crippen LogP contribution < -0.4 is 0 Å². The van der Waals surface area contributed by atoms with Gasteiger partial charge in [-0.1, -0.05) is 48.5 Å². The van der Waals surface area contributed by atoms with Crippen LogP contribution in [0.4, 0.5) is 0 Å². The molecule has 0 unspecified atom stereocenters. The number of allylic oxidation sites excluding steroid dienone is 1. The summed E-state index contributed by atoms with van der Waals surface area (Å²) in [5.41, 5.74) is 1.06. The van der Waals surface area contributed by atoms with E-state index in [1.807, 2.05) is 24.3 Å². The largest absolute Gasteiger partial charge is 0.507 e. The van der Waals surface area contributed by atoms with E-state index >= 15 is 0 Å². The van der Waals surface area contributed by atoms with E-state index in [1.54, 1.807) is 24.3 Å². The van der Waals surface area contributed by atoms with Crippen LogP contribution in [-0.4, -0.2) is 34.2 Å². The van der Waals surface area contributed by atoms with Crippen LogP contribution in [-0.2, 0) is 4.74 Å². The van der Waals surface area contributed by atoms with Crippen molar-refractivity contribution in [2.45, 2.75) is 0 Å². The molecule has 0 saturated heterocycles. The minimum absolute atomic E-state index is 0.0358. The van der Waals surface area contributed by atoms with Crippen LogP contribution >= 0.6 is 11.3 Å². The van der Waals surface area contributed by atoms with Gasteiger partial charge in [-0.25, -0.2) is 9.78 Å². The van der Waals surface area contributed by atoms with Crippen LogP contribution in [0, 0.1) is 11.3 Å². The number of nitrogens with zero attached hydrogens (tertiary/aromatic N) is 2. The molecule has 0 aliphatic heterocycles. The highest BCUT2D eigenvalue weighted by Crippen LogP contribution is 2.31. The lowest BCUT2D eigenvalue weighted by Gasteiger charge is -2.19. The molecule has 164 valence electrons. The van der Waals surface area contributed by atoms with Crippen molar-refractivity contribution in [3.8, 4) is 6.07 Å². The smallest absolute Gasteiger partial charge is 0.339 e. The molecular formula is C26H14N2O5S. The number of hydrogen-bond donors (Lipinski definition) is 1. The Hall–Kier alpha value is -4.61. The van der Waals surface area contributed by atoms with Crippen LogP contribution in [0.1, 0.15) is 47.2 Å². The molecule has 0 spiro atoms. The number of esters is 1. The van der Waals surface area contributed by atoms with Crippen LogP contribution in [0.2, 0.25) is 0 Å². The van der Waals surface area contributed by atoms with Crippen molar-refractivity contribution in [2.75, 3.05) is 6.61 Å². The molecule has 7 nitrogen and oxygen atoms in total. The Labute approximate surface area is 197 Å². The fourth-order valence-corrected chi connectivity index (χ4v) is 4.80. The highest BCUT2D eigenvalue weighted by Gasteiger charge is 2.33. The summed E-state index contributed by atoms with van der Waals surface area (Å²) in [6.45, 7) is -0.597. The van der Waals surface area contributed by atoms with Crippen molar-refractivity contribution >= 4 is 44.7 Å². The second kappa shape index (κ2) is 8.39. The van der Waals surface area contributed by atoms with Crippen LogP contribution in [0.3, 0.4) is 0 Å². The topological polar surface area (TPSA) is 117 Å². The Bertz CT molecular complexity index is 1560. The predicted octanol–water partition coefficient (Wildman–Crippen LogP) is 4.72. The number of nitriles is 1. The quantitative estimate of drug-likeness (QED) is 0.231. The van der Waals surface area contributed by atoms with Gasteiger partial charge in [-0.3, -0.25) is 9.59 Å². The third-order valence-corrected chi connectivity index (χ3v) is 6.47. The van der Waals surface area contributed by atoms with Crippen molar-refractivity contribution in [1.29, 1.82) is 5.26 Å². The van der Waals surface area contributed by atoms with Gasteiger partial charge in [0.05, 0.1) is 15.8 Å². The molecule has 1 aliphatic carbocycles. The van der Waals surface area contributed by atoms with E-state index < -0.39 is 24.1 Å². The average molecular weight is 466 g/mol. The summed E-state index contributed by atoms with van der Waals surface area (Å²) >= 11 is 1.23. The lowest BCUT2D eigenvalue weighted by atomic mass is 9.82. The third-order valence-electron chi connectivity index (χ3n) is 5.42. The fourth-order valence-electron chi connectivity index (χ4n) is 3.81. The summed E-state index contributed by atoms with van der Waals surface area (Å²) in [4.78, 5) is 43.1.